The highest BCUT2D eigenvalue weighted by Gasteiger charge is 2.40. The van der Waals surface area contributed by atoms with Crippen molar-refractivity contribution in [3.63, 3.8) is 0 Å². The highest BCUT2D eigenvalue weighted by molar-refractivity contribution is 5.90. The molecule has 2 fully saturated rings. The number of benzene rings is 1. The SMILES string of the molecule is CC(C)C[C@@H](C(=O)O[C@H](C)C(=O)OCc1ccccc1)N(C)C(=O)[C@@H](CCc1ccc(N2CCOCC2)nc1)OC(=O)[C@H](CC1CC1)N(C)C(=O)OC(C)(C)C. The number of morpholine rings is 1. The highest BCUT2D eigenvalue weighted by Crippen LogP contribution is 2.35. The number of hydrogen-bond acceptors (Lipinski definition) is 12. The summed E-state index contributed by atoms with van der Waals surface area (Å²) in [5.41, 5.74) is 0.811. The molecule has 1 aliphatic heterocycles. The van der Waals surface area contributed by atoms with Gasteiger partial charge in [0.05, 0.1) is 13.2 Å². The predicted octanol–water partition coefficient (Wildman–Crippen LogP) is 5.35. The van der Waals surface area contributed by atoms with E-state index in [-0.39, 0.29) is 31.3 Å². The van der Waals surface area contributed by atoms with Crippen LogP contribution in [0.4, 0.5) is 10.6 Å². The van der Waals surface area contributed by atoms with Gasteiger partial charge in [0.1, 0.15) is 30.1 Å². The summed E-state index contributed by atoms with van der Waals surface area (Å²) in [6, 6.07) is 10.9. The largest absolute Gasteiger partial charge is 0.458 e. The molecule has 0 N–H and O–H groups in total. The molecule has 0 bridgehead atoms. The van der Waals surface area contributed by atoms with Crippen LogP contribution in [0.1, 0.15) is 84.8 Å². The Hall–Kier alpha value is -4.72. The lowest BCUT2D eigenvalue weighted by Crippen LogP contribution is -2.51. The van der Waals surface area contributed by atoms with Gasteiger partial charge in [0.25, 0.3) is 5.91 Å². The van der Waals surface area contributed by atoms with Crippen molar-refractivity contribution in [2.75, 3.05) is 45.3 Å². The van der Waals surface area contributed by atoms with Crippen molar-refractivity contribution < 1.29 is 47.7 Å². The Labute approximate surface area is 331 Å². The van der Waals surface area contributed by atoms with Gasteiger partial charge in [-0.3, -0.25) is 9.69 Å². The van der Waals surface area contributed by atoms with E-state index in [9.17, 15) is 24.0 Å². The summed E-state index contributed by atoms with van der Waals surface area (Å²) in [5, 5.41) is 0. The fraction of sp³-hybridized carbons (Fsp3) is 0.619. The number of esters is 3. The monoisotopic (exact) mass is 780 g/mol. The van der Waals surface area contributed by atoms with Gasteiger partial charge >= 0.3 is 24.0 Å². The van der Waals surface area contributed by atoms with Crippen LogP contribution in [-0.4, -0.2) is 115 Å². The van der Waals surface area contributed by atoms with E-state index < -0.39 is 59.8 Å². The Morgan fingerprint density at radius 3 is 2.11 bits per heavy atom. The van der Waals surface area contributed by atoms with E-state index in [0.717, 1.165) is 42.9 Å². The number of anilines is 1. The molecule has 56 heavy (non-hydrogen) atoms. The summed E-state index contributed by atoms with van der Waals surface area (Å²) in [5.74, 6) is -1.88. The normalized spacial score (nSPS) is 16.6. The lowest BCUT2D eigenvalue weighted by atomic mass is 10.0. The summed E-state index contributed by atoms with van der Waals surface area (Å²) < 4.78 is 28.0. The maximum absolute atomic E-state index is 14.4. The number of nitrogens with zero attached hydrogens (tertiary/aromatic N) is 4. The van der Waals surface area contributed by atoms with Crippen molar-refractivity contribution in [2.24, 2.45) is 11.8 Å². The summed E-state index contributed by atoms with van der Waals surface area (Å²) >= 11 is 0. The number of pyridine rings is 1. The molecule has 1 saturated carbocycles. The number of carbonyl (C=O) groups is 5. The topological polar surface area (TPSA) is 154 Å². The minimum absolute atomic E-state index is 0.0126. The fourth-order valence-corrected chi connectivity index (χ4v) is 6.22. The zero-order chi connectivity index (χ0) is 41.0. The van der Waals surface area contributed by atoms with Crippen molar-refractivity contribution in [3.8, 4) is 0 Å². The predicted molar refractivity (Wildman–Crippen MR) is 208 cm³/mol. The quantitative estimate of drug-likeness (QED) is 0.142. The number of aromatic nitrogens is 1. The number of likely N-dealkylation sites (N-methyl/N-ethyl adjacent to an activating group) is 2. The van der Waals surface area contributed by atoms with Gasteiger partial charge in [0, 0.05) is 33.4 Å². The molecule has 4 atom stereocenters. The first-order chi connectivity index (χ1) is 26.5. The van der Waals surface area contributed by atoms with Gasteiger partial charge in [-0.15, -0.1) is 0 Å². The molecule has 14 heteroatoms. The van der Waals surface area contributed by atoms with Crippen LogP contribution < -0.4 is 4.90 Å². The van der Waals surface area contributed by atoms with Crippen LogP contribution in [0.5, 0.6) is 0 Å². The molecule has 1 aromatic heterocycles. The number of ether oxygens (including phenoxy) is 5. The molecule has 2 aliphatic rings. The Morgan fingerprint density at radius 1 is 0.857 bits per heavy atom. The van der Waals surface area contributed by atoms with E-state index in [1.54, 1.807) is 27.0 Å². The van der Waals surface area contributed by atoms with Gasteiger partial charge in [-0.2, -0.15) is 0 Å². The van der Waals surface area contributed by atoms with Gasteiger partial charge in [-0.05, 0) is 82.4 Å². The first-order valence-electron chi connectivity index (χ1n) is 19.6. The Kier molecular flexibility index (Phi) is 16.1. The van der Waals surface area contributed by atoms with E-state index in [0.29, 0.717) is 26.1 Å². The fourth-order valence-electron chi connectivity index (χ4n) is 6.22. The van der Waals surface area contributed by atoms with Gasteiger partial charge in [-0.25, -0.2) is 24.2 Å². The molecule has 0 radical (unpaired) electrons. The molecule has 1 aromatic carbocycles. The lowest BCUT2D eigenvalue weighted by molar-refractivity contribution is -0.174. The van der Waals surface area contributed by atoms with Crippen molar-refractivity contribution >= 4 is 35.7 Å². The molecule has 2 amide bonds. The maximum Gasteiger partial charge on any atom is 0.410 e. The van der Waals surface area contributed by atoms with Crippen LogP contribution in [0, 0.1) is 11.8 Å². The molecule has 308 valence electrons. The van der Waals surface area contributed by atoms with E-state index in [4.69, 9.17) is 23.7 Å². The zero-order valence-corrected chi connectivity index (χ0v) is 34.2. The van der Waals surface area contributed by atoms with E-state index >= 15 is 0 Å². The molecule has 2 aromatic rings. The lowest BCUT2D eigenvalue weighted by Gasteiger charge is -2.33. The first kappa shape index (κ1) is 44.0. The van der Waals surface area contributed by atoms with Crippen LogP contribution in [0.3, 0.4) is 0 Å². The van der Waals surface area contributed by atoms with Crippen LogP contribution in [0.15, 0.2) is 48.7 Å². The summed E-state index contributed by atoms with van der Waals surface area (Å²) in [7, 11) is 2.96. The average Bonchev–Trinajstić information content (AvgIpc) is 4.00. The maximum atomic E-state index is 14.4. The van der Waals surface area contributed by atoms with Gasteiger partial charge in [0.15, 0.2) is 12.2 Å². The van der Waals surface area contributed by atoms with Crippen molar-refractivity contribution in [1.29, 1.82) is 0 Å². The van der Waals surface area contributed by atoms with Crippen molar-refractivity contribution in [2.45, 2.75) is 117 Å². The Balaban J connectivity index is 1.53. The number of rotatable bonds is 18. The van der Waals surface area contributed by atoms with Gasteiger partial charge in [-0.1, -0.05) is 63.1 Å². The molecule has 0 spiro atoms. The molecule has 2 heterocycles. The third kappa shape index (κ3) is 13.8. The van der Waals surface area contributed by atoms with Crippen molar-refractivity contribution in [1.82, 2.24) is 14.8 Å². The molecule has 4 rings (SSSR count). The summed E-state index contributed by atoms with van der Waals surface area (Å²) in [6.07, 6.45) is 1.31. The molecule has 1 saturated heterocycles. The second-order valence-electron chi connectivity index (χ2n) is 16.1. The third-order valence-electron chi connectivity index (χ3n) is 9.68. The van der Waals surface area contributed by atoms with Gasteiger partial charge < -0.3 is 33.5 Å². The zero-order valence-electron chi connectivity index (χ0n) is 34.2. The molecule has 0 unspecified atom stereocenters. The van der Waals surface area contributed by atoms with E-state index in [1.165, 1.54) is 30.8 Å². The number of hydrogen-bond donors (Lipinski definition) is 0. The summed E-state index contributed by atoms with van der Waals surface area (Å²) in [6.45, 7) is 13.2. The van der Waals surface area contributed by atoms with Crippen LogP contribution in [-0.2, 0) is 55.9 Å². The second kappa shape index (κ2) is 20.4. The smallest absolute Gasteiger partial charge is 0.410 e. The van der Waals surface area contributed by atoms with Crippen LogP contribution in [0.2, 0.25) is 0 Å². The first-order valence-corrected chi connectivity index (χ1v) is 19.6. The van der Waals surface area contributed by atoms with Crippen LogP contribution in [0.25, 0.3) is 0 Å². The standard InChI is InChI=1S/C42H60N4O10/c1-28(2)24-33(39(49)54-29(3)38(48)53-27-32-12-10-9-11-13-32)44(7)37(47)35(18-16-31-17-19-36(43-26-31)46-20-22-52-23-21-46)55-40(50)34(25-30-14-15-30)45(8)41(51)56-42(4,5)6/h9-13,17,19,26,28-30,33-35H,14-16,18,20-25,27H2,1-8H3/t29-,33+,34+,35-/m1/s1. The second-order valence-corrected chi connectivity index (χ2v) is 16.1. The number of carbonyl (C=O) groups excluding carboxylic acids is 5. The minimum atomic E-state index is -1.32. The minimum Gasteiger partial charge on any atom is -0.458 e. The Morgan fingerprint density at radius 2 is 1.52 bits per heavy atom. The van der Waals surface area contributed by atoms with E-state index in [2.05, 4.69) is 9.88 Å². The molecular formula is C42H60N4O10. The van der Waals surface area contributed by atoms with Crippen LogP contribution >= 0.6 is 0 Å². The molecule has 14 nitrogen and oxygen atoms in total. The third-order valence-corrected chi connectivity index (χ3v) is 9.68. The van der Waals surface area contributed by atoms with E-state index in [1.807, 2.05) is 56.3 Å². The average molecular weight is 781 g/mol. The number of amides is 2. The highest BCUT2D eigenvalue weighted by atomic mass is 16.6. The summed E-state index contributed by atoms with van der Waals surface area (Å²) in [4.78, 5) is 77.3. The van der Waals surface area contributed by atoms with Crippen molar-refractivity contribution in [3.05, 3.63) is 59.8 Å². The van der Waals surface area contributed by atoms with Gasteiger partial charge in [0.2, 0.25) is 0 Å². The molecule has 1 aliphatic carbocycles. The number of aryl methyl sites for hydroxylation is 1. The Bertz CT molecular complexity index is 1600. The molecular weight excluding hydrogens is 720 g/mol.